The van der Waals surface area contributed by atoms with Crippen LogP contribution in [-0.2, 0) is 26.3 Å². The molecule has 0 saturated carbocycles. The summed E-state index contributed by atoms with van der Waals surface area (Å²) in [7, 11) is 0. The van der Waals surface area contributed by atoms with Gasteiger partial charge in [0.15, 0.2) is 23.3 Å². The second kappa shape index (κ2) is 9.91. The number of imidazole rings is 1. The summed E-state index contributed by atoms with van der Waals surface area (Å²) >= 11 is 7.15. The first-order valence-corrected chi connectivity index (χ1v) is 12.5. The van der Waals surface area contributed by atoms with Crippen molar-refractivity contribution in [3.8, 4) is 12.3 Å². The van der Waals surface area contributed by atoms with Gasteiger partial charge in [0.25, 0.3) is 0 Å². The van der Waals surface area contributed by atoms with E-state index in [0.29, 0.717) is 5.56 Å². The smallest absolute Gasteiger partial charge is 0.342 e. The molecule has 196 valence electrons. The second-order valence-corrected chi connectivity index (χ2v) is 9.67. The molecule has 12 nitrogen and oxygen atoms in total. The minimum Gasteiger partial charge on any atom is -0.479 e. The Bertz CT molecular complexity index is 1510. The van der Waals surface area contributed by atoms with E-state index in [2.05, 4.69) is 25.9 Å². The lowest BCUT2D eigenvalue weighted by molar-refractivity contribution is -0.179. The minimum absolute atomic E-state index is 0.00810. The first-order valence-electron chi connectivity index (χ1n) is 11.2. The van der Waals surface area contributed by atoms with E-state index < -0.39 is 42.2 Å². The summed E-state index contributed by atoms with van der Waals surface area (Å²) in [5.74, 6) is 0.886. The quantitative estimate of drug-likeness (QED) is 0.182. The van der Waals surface area contributed by atoms with Crippen LogP contribution in [0.5, 0.6) is 0 Å². The van der Waals surface area contributed by atoms with Crippen LogP contribution < -0.4 is 5.73 Å². The first kappa shape index (κ1) is 26.0. The van der Waals surface area contributed by atoms with Gasteiger partial charge in [-0.3, -0.25) is 4.57 Å². The summed E-state index contributed by atoms with van der Waals surface area (Å²) in [6.07, 6.45) is 2.53. The van der Waals surface area contributed by atoms with Crippen molar-refractivity contribution in [2.45, 2.75) is 36.1 Å². The molecule has 5 atom stereocenters. The van der Waals surface area contributed by atoms with E-state index in [4.69, 9.17) is 33.2 Å². The molecule has 38 heavy (non-hydrogen) atoms. The van der Waals surface area contributed by atoms with E-state index in [1.54, 1.807) is 29.6 Å². The fraction of sp³-hybridized carbons (Fsp3) is 0.292. The van der Waals surface area contributed by atoms with Gasteiger partial charge in [0.1, 0.15) is 17.7 Å². The Hall–Kier alpha value is -3.64. The van der Waals surface area contributed by atoms with Crippen LogP contribution >= 0.6 is 22.9 Å². The Kier molecular flexibility index (Phi) is 6.78. The molecule has 1 saturated heterocycles. The van der Waals surface area contributed by atoms with Crippen LogP contribution in [0.2, 0.25) is 5.28 Å². The Labute approximate surface area is 224 Å². The molecule has 5 N–H and O–H groups in total. The number of carboxylic acids is 1. The van der Waals surface area contributed by atoms with Gasteiger partial charge in [0.2, 0.25) is 10.9 Å². The third-order valence-electron chi connectivity index (χ3n) is 6.41. The molecule has 1 aliphatic rings. The zero-order valence-corrected chi connectivity index (χ0v) is 21.1. The number of rotatable bonds is 8. The van der Waals surface area contributed by atoms with E-state index in [1.165, 1.54) is 27.7 Å². The SMILES string of the molecule is C#C[C@@]1(O)[C@@H](CO[C@@](Cc2ccccc2)(C(=O)O)c2cscn2)O[C@@H](n2cnc3c(N)nc(Cl)nc32)[C@@H]1O. The molecule has 1 fully saturated rings. The zero-order chi connectivity index (χ0) is 27.1. The highest BCUT2D eigenvalue weighted by Gasteiger charge is 2.57. The summed E-state index contributed by atoms with van der Waals surface area (Å²) in [4.78, 5) is 29.0. The highest BCUT2D eigenvalue weighted by Crippen LogP contribution is 2.40. The summed E-state index contributed by atoms with van der Waals surface area (Å²) < 4.78 is 13.3. The van der Waals surface area contributed by atoms with Crippen LogP contribution in [0.1, 0.15) is 17.5 Å². The maximum absolute atomic E-state index is 12.7. The number of nitrogens with zero attached hydrogens (tertiary/aromatic N) is 5. The van der Waals surface area contributed by atoms with Crippen LogP contribution in [0.4, 0.5) is 5.82 Å². The molecule has 1 aromatic carbocycles. The lowest BCUT2D eigenvalue weighted by atomic mass is 9.90. The number of aliphatic hydroxyl groups is 2. The molecule has 0 amide bonds. The first-order chi connectivity index (χ1) is 18.2. The number of nitrogen functional groups attached to an aromatic ring is 1. The minimum atomic E-state index is -2.26. The third-order valence-corrected chi connectivity index (χ3v) is 7.17. The number of aromatic nitrogens is 5. The summed E-state index contributed by atoms with van der Waals surface area (Å²) in [5, 5.41) is 34.1. The normalized spacial score (nSPS) is 24.7. The molecule has 0 unspecified atom stereocenters. The molecule has 14 heteroatoms. The number of anilines is 1. The van der Waals surface area contributed by atoms with Crippen molar-refractivity contribution >= 4 is 45.9 Å². The van der Waals surface area contributed by atoms with Crippen molar-refractivity contribution in [2.24, 2.45) is 0 Å². The van der Waals surface area contributed by atoms with Crippen LogP contribution in [0, 0.1) is 12.3 Å². The number of aliphatic hydroxyl groups excluding tert-OH is 1. The largest absolute Gasteiger partial charge is 0.479 e. The summed E-state index contributed by atoms with van der Waals surface area (Å²) in [5.41, 5.74) is 4.35. The number of aliphatic carboxylic acids is 1. The number of benzene rings is 1. The highest BCUT2D eigenvalue weighted by molar-refractivity contribution is 7.07. The van der Waals surface area contributed by atoms with E-state index in [0.717, 1.165) is 0 Å². The Morgan fingerprint density at radius 2 is 2.11 bits per heavy atom. The Balaban J connectivity index is 1.48. The van der Waals surface area contributed by atoms with Crippen molar-refractivity contribution in [3.63, 3.8) is 0 Å². The summed E-state index contributed by atoms with van der Waals surface area (Å²) in [6, 6.07) is 8.89. The van der Waals surface area contributed by atoms with Crippen molar-refractivity contribution in [1.29, 1.82) is 0 Å². The molecule has 5 rings (SSSR count). The topological polar surface area (TPSA) is 179 Å². The molecule has 0 spiro atoms. The molecule has 0 bridgehead atoms. The molecule has 0 radical (unpaired) electrons. The van der Waals surface area contributed by atoms with E-state index in [-0.39, 0.29) is 34.4 Å². The van der Waals surface area contributed by atoms with Gasteiger partial charge in [-0.1, -0.05) is 36.3 Å². The van der Waals surface area contributed by atoms with E-state index >= 15 is 0 Å². The van der Waals surface area contributed by atoms with Crippen molar-refractivity contribution < 1.29 is 29.6 Å². The number of hydrogen-bond acceptors (Lipinski definition) is 11. The van der Waals surface area contributed by atoms with E-state index in [9.17, 15) is 20.1 Å². The van der Waals surface area contributed by atoms with E-state index in [1.807, 2.05) is 6.07 Å². The van der Waals surface area contributed by atoms with Gasteiger partial charge in [0.05, 0.1) is 24.1 Å². The second-order valence-electron chi connectivity index (χ2n) is 8.61. The predicted molar refractivity (Wildman–Crippen MR) is 136 cm³/mol. The maximum atomic E-state index is 12.7. The van der Waals surface area contributed by atoms with Gasteiger partial charge >= 0.3 is 5.97 Å². The van der Waals surface area contributed by atoms with Gasteiger partial charge in [-0.05, 0) is 17.2 Å². The fourth-order valence-corrected chi connectivity index (χ4v) is 5.18. The number of nitrogens with two attached hydrogens (primary N) is 1. The third kappa shape index (κ3) is 4.27. The van der Waals surface area contributed by atoms with Crippen LogP contribution in [0.25, 0.3) is 11.2 Å². The van der Waals surface area contributed by atoms with Crippen LogP contribution in [0.3, 0.4) is 0 Å². The average molecular weight is 557 g/mol. The number of terminal acetylenes is 1. The number of thiazole rings is 1. The number of carboxylic acid groups (broad SMARTS) is 1. The van der Waals surface area contributed by atoms with Crippen LogP contribution in [-0.4, -0.2) is 70.2 Å². The Morgan fingerprint density at radius 1 is 1.34 bits per heavy atom. The fourth-order valence-electron chi connectivity index (χ4n) is 4.39. The average Bonchev–Trinajstić information content (AvgIpc) is 3.63. The van der Waals surface area contributed by atoms with Gasteiger partial charge in [-0.2, -0.15) is 9.97 Å². The van der Waals surface area contributed by atoms with Crippen molar-refractivity contribution in [2.75, 3.05) is 12.3 Å². The number of halogens is 1. The molecule has 1 aliphatic heterocycles. The summed E-state index contributed by atoms with van der Waals surface area (Å²) in [6.45, 7) is -0.505. The number of hydrogen-bond donors (Lipinski definition) is 4. The standard InChI is InChI=1S/C24H21ClN6O6S/c1-2-23(35)15(37-20(17(23)32)31-11-27-16-18(26)29-22(25)30-19(16)31)9-36-24(21(33)34,14-10-38-12-28-14)8-13-6-4-3-5-7-13/h1,3-7,10-12,15,17,20,32,35H,8-9H2,(H,33,34)(H2,26,29,30)/t15-,17+,20-,23-,24-/m1/s1. The van der Waals surface area contributed by atoms with Crippen LogP contribution in [0.15, 0.2) is 47.5 Å². The molecular weight excluding hydrogens is 536 g/mol. The van der Waals surface area contributed by atoms with Crippen molar-refractivity contribution in [1.82, 2.24) is 24.5 Å². The van der Waals surface area contributed by atoms with Gasteiger partial charge in [0, 0.05) is 11.8 Å². The van der Waals surface area contributed by atoms with Crippen molar-refractivity contribution in [3.05, 3.63) is 64.1 Å². The molecule has 4 heterocycles. The molecule has 0 aliphatic carbocycles. The lowest BCUT2D eigenvalue weighted by Gasteiger charge is -2.32. The maximum Gasteiger partial charge on any atom is 0.342 e. The van der Waals surface area contributed by atoms with Gasteiger partial charge < -0.3 is 30.5 Å². The number of ether oxygens (including phenoxy) is 2. The van der Waals surface area contributed by atoms with Gasteiger partial charge in [-0.15, -0.1) is 17.8 Å². The lowest BCUT2D eigenvalue weighted by Crippen LogP contribution is -2.50. The molecular formula is C24H21ClN6O6S. The zero-order valence-electron chi connectivity index (χ0n) is 19.5. The van der Waals surface area contributed by atoms with Gasteiger partial charge in [-0.25, -0.2) is 14.8 Å². The molecule has 3 aromatic heterocycles. The number of carbonyl (C=O) groups is 1. The monoisotopic (exact) mass is 556 g/mol. The number of fused-ring (bicyclic) bond motifs is 1. The highest BCUT2D eigenvalue weighted by atomic mass is 35.5. The Morgan fingerprint density at radius 3 is 2.76 bits per heavy atom. The predicted octanol–water partition coefficient (Wildman–Crippen LogP) is 1.38. The molecule has 4 aromatic rings.